The first-order chi connectivity index (χ1) is 40.0. The summed E-state index contributed by atoms with van der Waals surface area (Å²) in [4.78, 5) is 38.5. The second kappa shape index (κ2) is 70.9. The summed E-state index contributed by atoms with van der Waals surface area (Å²) in [6, 6.07) is 0. The molecule has 81 heavy (non-hydrogen) atoms. The maximum atomic E-state index is 13.0. The molecular weight excluding hydrogens is 997 g/mol. The Morgan fingerprint density at radius 1 is 0.198 bits per heavy atom. The summed E-state index contributed by atoms with van der Waals surface area (Å²) in [7, 11) is 0. The van der Waals surface area contributed by atoms with E-state index < -0.39 is 6.10 Å². The van der Waals surface area contributed by atoms with Gasteiger partial charge in [0.25, 0.3) is 0 Å². The first-order valence-corrected chi connectivity index (χ1v) is 37.5. The summed E-state index contributed by atoms with van der Waals surface area (Å²) in [5.41, 5.74) is 0. The lowest BCUT2D eigenvalue weighted by atomic mass is 10.0. The van der Waals surface area contributed by atoms with Crippen molar-refractivity contribution in [2.24, 2.45) is 0 Å². The smallest absolute Gasteiger partial charge is 0.306 e. The van der Waals surface area contributed by atoms with Gasteiger partial charge in [-0.3, -0.25) is 14.4 Å². The largest absolute Gasteiger partial charge is 0.462 e. The zero-order valence-electron chi connectivity index (χ0n) is 55.6. The van der Waals surface area contributed by atoms with E-state index in [2.05, 4.69) is 20.8 Å². The molecule has 0 radical (unpaired) electrons. The number of unbranched alkanes of at least 4 members (excludes halogenated alkanes) is 60. The van der Waals surface area contributed by atoms with Crippen molar-refractivity contribution >= 4 is 17.9 Å². The first-order valence-electron chi connectivity index (χ1n) is 37.5. The number of hydrogen-bond acceptors (Lipinski definition) is 6. The van der Waals surface area contributed by atoms with Crippen molar-refractivity contribution in [2.75, 3.05) is 13.2 Å². The Labute approximate surface area is 508 Å². The Hall–Kier alpha value is -1.59. The van der Waals surface area contributed by atoms with Gasteiger partial charge in [-0.2, -0.15) is 0 Å². The van der Waals surface area contributed by atoms with E-state index in [9.17, 15) is 14.4 Å². The average Bonchev–Trinajstić information content (AvgIpc) is 3.47. The van der Waals surface area contributed by atoms with Crippen molar-refractivity contribution in [3.63, 3.8) is 0 Å². The fourth-order valence-electron chi connectivity index (χ4n) is 12.0. The molecule has 6 heteroatoms. The van der Waals surface area contributed by atoms with E-state index in [-0.39, 0.29) is 31.1 Å². The van der Waals surface area contributed by atoms with Crippen LogP contribution in [0.25, 0.3) is 0 Å². The quantitative estimate of drug-likeness (QED) is 0.0343. The van der Waals surface area contributed by atoms with E-state index in [1.165, 1.54) is 347 Å². The Morgan fingerprint density at radius 3 is 0.494 bits per heavy atom. The molecule has 0 heterocycles. The Morgan fingerprint density at radius 2 is 0.333 bits per heavy atom. The molecule has 6 nitrogen and oxygen atoms in total. The number of carbonyl (C=O) groups excluding carboxylic acids is 3. The summed E-state index contributed by atoms with van der Waals surface area (Å²) in [6.07, 6.45) is 84.3. The van der Waals surface area contributed by atoms with Gasteiger partial charge in [-0.15, -0.1) is 0 Å². The summed E-state index contributed by atoms with van der Waals surface area (Å²) >= 11 is 0. The molecule has 0 aromatic rings. The summed E-state index contributed by atoms with van der Waals surface area (Å²) in [5.74, 6) is -0.815. The minimum atomic E-state index is -0.764. The fourth-order valence-corrected chi connectivity index (χ4v) is 12.0. The van der Waals surface area contributed by atoms with Crippen molar-refractivity contribution in [1.29, 1.82) is 0 Å². The lowest BCUT2D eigenvalue weighted by Gasteiger charge is -2.18. The lowest BCUT2D eigenvalue weighted by molar-refractivity contribution is -0.167. The highest BCUT2D eigenvalue weighted by molar-refractivity contribution is 5.71. The zero-order valence-corrected chi connectivity index (χ0v) is 55.6. The zero-order chi connectivity index (χ0) is 58.5. The molecule has 0 amide bonds. The molecule has 0 rings (SSSR count). The molecule has 0 spiro atoms. The highest BCUT2D eigenvalue weighted by atomic mass is 16.6. The van der Waals surface area contributed by atoms with Crippen molar-refractivity contribution in [3.8, 4) is 0 Å². The van der Waals surface area contributed by atoms with E-state index in [1.807, 2.05) is 0 Å². The van der Waals surface area contributed by atoms with Gasteiger partial charge >= 0.3 is 17.9 Å². The van der Waals surface area contributed by atoms with Crippen LogP contribution in [0.15, 0.2) is 0 Å². The standard InChI is InChI=1S/C75H146O6/c1-4-7-10-13-16-19-22-25-28-31-33-34-35-36-37-38-39-40-41-42-45-47-50-53-56-59-62-65-68-74(77)80-71-72(70-79-73(76)67-64-61-58-55-52-49-46-43-30-27-24-21-18-15-12-9-6-3)81-75(78)69-66-63-60-57-54-51-48-44-32-29-26-23-20-17-14-11-8-5-2/h72H,4-71H2,1-3H3. The molecule has 0 aliphatic heterocycles. The number of carbonyl (C=O) groups is 3. The number of esters is 3. The van der Waals surface area contributed by atoms with Crippen LogP contribution in [-0.4, -0.2) is 37.2 Å². The molecule has 1 atom stereocenters. The SMILES string of the molecule is CCCCCCCCCCCCCCCCCCCCCCCCCCCCCCC(=O)OCC(COC(=O)CCCCCCCCCCCCCCCCCCC)OC(=O)CCCCCCCCCCCCCCCCCCCC. The number of hydrogen-bond donors (Lipinski definition) is 0. The molecule has 1 unspecified atom stereocenters. The van der Waals surface area contributed by atoms with Crippen LogP contribution in [0.2, 0.25) is 0 Å². The van der Waals surface area contributed by atoms with Crippen molar-refractivity contribution in [2.45, 2.75) is 451 Å². The monoisotopic (exact) mass is 1140 g/mol. The van der Waals surface area contributed by atoms with E-state index >= 15 is 0 Å². The topological polar surface area (TPSA) is 78.9 Å². The molecule has 0 N–H and O–H groups in total. The number of rotatable bonds is 71. The molecule has 0 aromatic carbocycles. The summed E-state index contributed by atoms with van der Waals surface area (Å²) < 4.78 is 17.0. The van der Waals surface area contributed by atoms with Gasteiger partial charge in [-0.1, -0.05) is 406 Å². The highest BCUT2D eigenvalue weighted by Gasteiger charge is 2.20. The molecule has 0 bridgehead atoms. The Kier molecular flexibility index (Phi) is 69.5. The van der Waals surface area contributed by atoms with Gasteiger partial charge in [0.2, 0.25) is 0 Å². The van der Waals surface area contributed by atoms with Gasteiger partial charge in [0.15, 0.2) is 6.10 Å². The van der Waals surface area contributed by atoms with Crippen LogP contribution in [0, 0.1) is 0 Å². The van der Waals surface area contributed by atoms with Crippen molar-refractivity contribution in [1.82, 2.24) is 0 Å². The second-order valence-corrected chi connectivity index (χ2v) is 25.9. The van der Waals surface area contributed by atoms with Crippen LogP contribution >= 0.6 is 0 Å². The maximum Gasteiger partial charge on any atom is 0.306 e. The van der Waals surface area contributed by atoms with Gasteiger partial charge in [0, 0.05) is 19.3 Å². The van der Waals surface area contributed by atoms with Crippen LogP contribution in [-0.2, 0) is 28.6 Å². The van der Waals surface area contributed by atoms with Crippen molar-refractivity contribution < 1.29 is 28.6 Å². The normalized spacial score (nSPS) is 11.9. The highest BCUT2D eigenvalue weighted by Crippen LogP contribution is 2.20. The Balaban J connectivity index is 4.18. The lowest BCUT2D eigenvalue weighted by Crippen LogP contribution is -2.30. The molecule has 0 aliphatic carbocycles. The van der Waals surface area contributed by atoms with Gasteiger partial charge in [0.05, 0.1) is 0 Å². The molecule has 482 valence electrons. The molecule has 0 aromatic heterocycles. The van der Waals surface area contributed by atoms with Crippen LogP contribution in [0.1, 0.15) is 445 Å². The first kappa shape index (κ1) is 79.4. The maximum absolute atomic E-state index is 13.0. The van der Waals surface area contributed by atoms with Gasteiger partial charge in [0.1, 0.15) is 13.2 Å². The van der Waals surface area contributed by atoms with Crippen LogP contribution in [0.5, 0.6) is 0 Å². The Bertz CT molecular complexity index is 1220. The van der Waals surface area contributed by atoms with Gasteiger partial charge in [-0.05, 0) is 19.3 Å². The summed E-state index contributed by atoms with van der Waals surface area (Å²) in [5, 5.41) is 0. The minimum absolute atomic E-state index is 0.0599. The molecule has 0 aliphatic rings. The van der Waals surface area contributed by atoms with Crippen LogP contribution < -0.4 is 0 Å². The van der Waals surface area contributed by atoms with Gasteiger partial charge in [-0.25, -0.2) is 0 Å². The van der Waals surface area contributed by atoms with E-state index in [0.717, 1.165) is 57.8 Å². The third-order valence-corrected chi connectivity index (χ3v) is 17.6. The number of ether oxygens (including phenoxy) is 3. The van der Waals surface area contributed by atoms with E-state index in [4.69, 9.17) is 14.2 Å². The third-order valence-electron chi connectivity index (χ3n) is 17.6. The molecule has 0 saturated heterocycles. The van der Waals surface area contributed by atoms with E-state index in [0.29, 0.717) is 19.3 Å². The van der Waals surface area contributed by atoms with E-state index in [1.54, 1.807) is 0 Å². The van der Waals surface area contributed by atoms with Crippen molar-refractivity contribution in [3.05, 3.63) is 0 Å². The third kappa shape index (κ3) is 69.1. The molecular formula is C75H146O6. The predicted molar refractivity (Wildman–Crippen MR) is 354 cm³/mol. The summed E-state index contributed by atoms with van der Waals surface area (Å²) in [6.45, 7) is 6.76. The minimum Gasteiger partial charge on any atom is -0.462 e. The average molecular weight is 1140 g/mol. The second-order valence-electron chi connectivity index (χ2n) is 25.9. The molecule has 0 fully saturated rings. The predicted octanol–water partition coefficient (Wildman–Crippen LogP) is 25.8. The fraction of sp³-hybridized carbons (Fsp3) is 0.960. The van der Waals surface area contributed by atoms with Crippen LogP contribution in [0.4, 0.5) is 0 Å². The molecule has 0 saturated carbocycles. The van der Waals surface area contributed by atoms with Crippen LogP contribution in [0.3, 0.4) is 0 Å². The van der Waals surface area contributed by atoms with Gasteiger partial charge < -0.3 is 14.2 Å².